The van der Waals surface area contributed by atoms with Crippen LogP contribution < -0.4 is 10.6 Å². The lowest BCUT2D eigenvalue weighted by Gasteiger charge is -2.22. The van der Waals surface area contributed by atoms with Gasteiger partial charge in [-0.15, -0.1) is 11.3 Å². The number of anilines is 2. The predicted molar refractivity (Wildman–Crippen MR) is 86.6 cm³/mol. The fourth-order valence-electron chi connectivity index (χ4n) is 2.01. The van der Waals surface area contributed by atoms with E-state index >= 15 is 0 Å². The van der Waals surface area contributed by atoms with Gasteiger partial charge in [-0.05, 0) is 24.9 Å². The smallest absolute Gasteiger partial charge is 0.148 e. The van der Waals surface area contributed by atoms with Crippen LogP contribution >= 0.6 is 22.9 Å². The Hall–Kier alpha value is -1.18. The summed E-state index contributed by atoms with van der Waals surface area (Å²) >= 11 is 2.99. The van der Waals surface area contributed by atoms with Crippen molar-refractivity contribution < 1.29 is 5.11 Å². The van der Waals surface area contributed by atoms with Crippen LogP contribution in [0.2, 0.25) is 0 Å². The zero-order valence-electron chi connectivity index (χ0n) is 11.8. The molecule has 0 aliphatic rings. The van der Waals surface area contributed by atoms with Crippen LogP contribution in [0.25, 0.3) is 11.3 Å². The van der Waals surface area contributed by atoms with Crippen LogP contribution in [0.3, 0.4) is 0 Å². The molecule has 0 unspecified atom stereocenters. The van der Waals surface area contributed by atoms with Crippen LogP contribution in [0.15, 0.2) is 5.38 Å². The molecule has 2 aromatic rings. The molecule has 0 aliphatic carbocycles. The molecule has 7 heteroatoms. The molecule has 0 saturated heterocycles. The maximum atomic E-state index is 9.27. The molecule has 0 radical (unpaired) electrons. The number of unbranched alkanes of at least 4 members (excludes halogenated alkanes) is 1. The second-order valence-corrected chi connectivity index (χ2v) is 6.38. The number of aliphatic hydroxyl groups is 1. The number of hydrogen-bond donors (Lipinski definition) is 2. The van der Waals surface area contributed by atoms with E-state index in [1.54, 1.807) is 11.3 Å². The molecule has 2 rings (SSSR count). The van der Waals surface area contributed by atoms with E-state index in [4.69, 9.17) is 5.73 Å². The van der Waals surface area contributed by atoms with Gasteiger partial charge in [0.15, 0.2) is 0 Å². The van der Waals surface area contributed by atoms with Crippen LogP contribution in [-0.2, 0) is 0 Å². The van der Waals surface area contributed by atoms with Crippen molar-refractivity contribution in [3.63, 3.8) is 0 Å². The average molecular weight is 312 g/mol. The largest absolute Gasteiger partial charge is 0.395 e. The zero-order chi connectivity index (χ0) is 14.5. The molecule has 0 atom stereocenters. The molecule has 0 bridgehead atoms. The number of hydrogen-bond acceptors (Lipinski definition) is 7. The first-order chi connectivity index (χ1) is 9.67. The van der Waals surface area contributed by atoms with Gasteiger partial charge >= 0.3 is 0 Å². The van der Waals surface area contributed by atoms with Gasteiger partial charge < -0.3 is 15.7 Å². The third-order valence-electron chi connectivity index (χ3n) is 3.01. The van der Waals surface area contributed by atoms with Gasteiger partial charge in [0.05, 0.1) is 22.9 Å². The molecule has 0 saturated carbocycles. The first kappa shape index (κ1) is 15.2. The first-order valence-corrected chi connectivity index (χ1v) is 8.36. The standard InChI is InChI=1S/C13H20N4OS2/c1-3-4-5-17(6-7-18)13-11(12(14)16-20-13)10-8-19-9(2)15-10/h8,18H,3-7H2,1-2H3,(H2,14,16). The minimum atomic E-state index is 0.122. The highest BCUT2D eigenvalue weighted by molar-refractivity contribution is 7.11. The van der Waals surface area contributed by atoms with Gasteiger partial charge in [0, 0.05) is 18.5 Å². The lowest BCUT2D eigenvalue weighted by molar-refractivity contribution is 0.302. The first-order valence-electron chi connectivity index (χ1n) is 6.70. The zero-order valence-corrected chi connectivity index (χ0v) is 13.4. The molecule has 2 aromatic heterocycles. The second-order valence-electron chi connectivity index (χ2n) is 4.56. The SMILES string of the molecule is CCCCN(CCO)c1snc(N)c1-c1csc(C)n1. The number of aromatic nitrogens is 2. The van der Waals surface area contributed by atoms with Crippen LogP contribution in [0.4, 0.5) is 10.8 Å². The van der Waals surface area contributed by atoms with Crippen LogP contribution in [0.5, 0.6) is 0 Å². The maximum Gasteiger partial charge on any atom is 0.148 e. The summed E-state index contributed by atoms with van der Waals surface area (Å²) in [4.78, 5) is 6.67. The molecule has 2 heterocycles. The summed E-state index contributed by atoms with van der Waals surface area (Å²) in [5, 5.41) is 13.3. The van der Waals surface area contributed by atoms with Crippen molar-refractivity contribution in [3.8, 4) is 11.3 Å². The highest BCUT2D eigenvalue weighted by Crippen LogP contribution is 2.39. The number of nitrogen functional groups attached to an aromatic ring is 1. The highest BCUT2D eigenvalue weighted by atomic mass is 32.1. The number of aliphatic hydroxyl groups excluding tert-OH is 1. The van der Waals surface area contributed by atoms with E-state index in [2.05, 4.69) is 21.2 Å². The summed E-state index contributed by atoms with van der Waals surface area (Å²) in [6, 6.07) is 0. The molecule has 0 aliphatic heterocycles. The second kappa shape index (κ2) is 7.01. The summed E-state index contributed by atoms with van der Waals surface area (Å²) < 4.78 is 4.27. The lowest BCUT2D eigenvalue weighted by Crippen LogP contribution is -2.27. The predicted octanol–water partition coefficient (Wildman–Crippen LogP) is 2.76. The van der Waals surface area contributed by atoms with Crippen molar-refractivity contribution in [2.24, 2.45) is 0 Å². The lowest BCUT2D eigenvalue weighted by atomic mass is 10.2. The van der Waals surface area contributed by atoms with Crippen molar-refractivity contribution in [2.45, 2.75) is 26.7 Å². The van der Waals surface area contributed by atoms with Crippen molar-refractivity contribution in [1.29, 1.82) is 0 Å². The molecule has 0 amide bonds. The molecular formula is C13H20N4OS2. The Labute approximate surface area is 127 Å². The minimum absolute atomic E-state index is 0.122. The van der Waals surface area contributed by atoms with Gasteiger partial charge in [-0.1, -0.05) is 13.3 Å². The summed E-state index contributed by atoms with van der Waals surface area (Å²) in [7, 11) is 0. The van der Waals surface area contributed by atoms with E-state index in [-0.39, 0.29) is 6.61 Å². The van der Waals surface area contributed by atoms with E-state index in [1.807, 2.05) is 12.3 Å². The summed E-state index contributed by atoms with van der Waals surface area (Å²) in [5.41, 5.74) is 7.81. The van der Waals surface area contributed by atoms with E-state index in [0.29, 0.717) is 12.4 Å². The molecule has 0 spiro atoms. The Bertz CT molecular complexity index is 552. The number of aryl methyl sites for hydroxylation is 1. The van der Waals surface area contributed by atoms with E-state index in [9.17, 15) is 5.11 Å². The molecule has 0 fully saturated rings. The third-order valence-corrected chi connectivity index (χ3v) is 4.71. The van der Waals surface area contributed by atoms with Crippen LogP contribution in [0.1, 0.15) is 24.8 Å². The quantitative estimate of drug-likeness (QED) is 0.822. The monoisotopic (exact) mass is 312 g/mol. The number of thiazole rings is 1. The number of nitrogens with zero attached hydrogens (tertiary/aromatic N) is 3. The topological polar surface area (TPSA) is 75.3 Å². The Morgan fingerprint density at radius 1 is 1.40 bits per heavy atom. The third kappa shape index (κ3) is 3.28. The minimum Gasteiger partial charge on any atom is -0.395 e. The van der Waals surface area contributed by atoms with Gasteiger partial charge in [-0.3, -0.25) is 0 Å². The van der Waals surface area contributed by atoms with E-state index < -0.39 is 0 Å². The summed E-state index contributed by atoms with van der Waals surface area (Å²) in [6.45, 7) is 5.75. The van der Waals surface area contributed by atoms with Crippen LogP contribution in [0, 0.1) is 6.92 Å². The number of rotatable bonds is 7. The van der Waals surface area contributed by atoms with Gasteiger partial charge in [0.25, 0.3) is 0 Å². The van der Waals surface area contributed by atoms with Crippen LogP contribution in [-0.4, -0.2) is 34.2 Å². The van der Waals surface area contributed by atoms with Crippen molar-refractivity contribution in [3.05, 3.63) is 10.4 Å². The summed E-state index contributed by atoms with van der Waals surface area (Å²) in [6.07, 6.45) is 2.19. The highest BCUT2D eigenvalue weighted by Gasteiger charge is 2.20. The van der Waals surface area contributed by atoms with Crippen molar-refractivity contribution in [2.75, 3.05) is 30.3 Å². The Kier molecular flexibility index (Phi) is 5.33. The van der Waals surface area contributed by atoms with Gasteiger partial charge in [-0.25, -0.2) is 4.98 Å². The Balaban J connectivity index is 2.35. The normalized spacial score (nSPS) is 10.9. The molecule has 5 nitrogen and oxygen atoms in total. The molecular weight excluding hydrogens is 292 g/mol. The van der Waals surface area contributed by atoms with E-state index in [1.165, 1.54) is 11.5 Å². The van der Waals surface area contributed by atoms with Gasteiger partial charge in [0.2, 0.25) is 0 Å². The average Bonchev–Trinajstić information content (AvgIpc) is 3.00. The maximum absolute atomic E-state index is 9.27. The fourth-order valence-corrected chi connectivity index (χ4v) is 3.49. The Morgan fingerprint density at radius 3 is 2.80 bits per heavy atom. The fraction of sp³-hybridized carbons (Fsp3) is 0.538. The Morgan fingerprint density at radius 2 is 2.20 bits per heavy atom. The van der Waals surface area contributed by atoms with Crippen molar-refractivity contribution >= 4 is 33.7 Å². The molecule has 0 aromatic carbocycles. The summed E-state index contributed by atoms with van der Waals surface area (Å²) in [5.74, 6) is 0.523. The molecule has 3 N–H and O–H groups in total. The number of nitrogens with two attached hydrogens (primary N) is 1. The van der Waals surface area contributed by atoms with E-state index in [0.717, 1.165) is 40.7 Å². The van der Waals surface area contributed by atoms with Gasteiger partial charge in [0.1, 0.15) is 10.8 Å². The van der Waals surface area contributed by atoms with Gasteiger partial charge in [-0.2, -0.15) is 4.37 Å². The molecule has 20 heavy (non-hydrogen) atoms. The van der Waals surface area contributed by atoms with Crippen molar-refractivity contribution in [1.82, 2.24) is 9.36 Å². The molecule has 110 valence electrons.